The molecule has 38 heavy (non-hydrogen) atoms. The standard InChI is InChI=1S/C32H42O3Si3/c1-29-30(33-36(2,3)4)23-17-11-13-19-25(23)31(29,34-37(5,6)7)27-21-15-16-22-28(27)32(29,35-38(8,9)10)26-20-14-12-18-24(26)30/h11-22H,1-10H3. The van der Waals surface area contributed by atoms with E-state index in [-0.39, 0.29) is 0 Å². The fraction of sp³-hybridized carbons (Fsp3) is 0.438. The Balaban J connectivity index is 1.91. The van der Waals surface area contributed by atoms with E-state index in [0.29, 0.717) is 0 Å². The Hall–Kier alpha value is -1.81. The third-order valence-electron chi connectivity index (χ3n) is 8.55. The Morgan fingerprint density at radius 3 is 0.737 bits per heavy atom. The van der Waals surface area contributed by atoms with E-state index in [2.05, 4.69) is 139 Å². The molecule has 0 radical (unpaired) electrons. The van der Waals surface area contributed by atoms with Gasteiger partial charge in [-0.2, -0.15) is 0 Å². The molecule has 3 aliphatic rings. The largest absolute Gasteiger partial charge is 0.403 e. The average Bonchev–Trinajstić information content (AvgIpc) is 3.19. The topological polar surface area (TPSA) is 27.7 Å². The summed E-state index contributed by atoms with van der Waals surface area (Å²) < 4.78 is 23.0. The molecule has 0 heterocycles. The van der Waals surface area contributed by atoms with Crippen molar-refractivity contribution >= 4 is 25.0 Å². The summed E-state index contributed by atoms with van der Waals surface area (Å²) in [5, 5.41) is 0. The van der Waals surface area contributed by atoms with E-state index < -0.39 is 47.2 Å². The Morgan fingerprint density at radius 1 is 0.395 bits per heavy atom. The molecule has 0 fully saturated rings. The highest BCUT2D eigenvalue weighted by atomic mass is 28.4. The summed E-state index contributed by atoms with van der Waals surface area (Å²) in [7, 11) is -6.32. The molecule has 0 N–H and O–H groups in total. The summed E-state index contributed by atoms with van der Waals surface area (Å²) in [6, 6.07) is 26.9. The minimum Gasteiger partial charge on any atom is -0.403 e. The monoisotopic (exact) mass is 558 g/mol. The van der Waals surface area contributed by atoms with Gasteiger partial charge in [0.25, 0.3) is 0 Å². The normalized spacial score (nSPS) is 31.1. The van der Waals surface area contributed by atoms with Crippen molar-refractivity contribution in [1.29, 1.82) is 0 Å². The van der Waals surface area contributed by atoms with Gasteiger partial charge in [0.15, 0.2) is 25.0 Å². The molecule has 0 saturated heterocycles. The Kier molecular flexibility index (Phi) is 5.34. The molecule has 0 aromatic heterocycles. The second-order valence-corrected chi connectivity index (χ2v) is 27.7. The zero-order valence-electron chi connectivity index (χ0n) is 24.7. The number of fused-ring (bicyclic) bond motifs is 9. The van der Waals surface area contributed by atoms with Crippen LogP contribution in [-0.4, -0.2) is 25.0 Å². The van der Waals surface area contributed by atoms with Crippen molar-refractivity contribution in [3.05, 3.63) is 106 Å². The van der Waals surface area contributed by atoms with Crippen LogP contribution in [0.2, 0.25) is 58.9 Å². The Morgan fingerprint density at radius 2 is 0.579 bits per heavy atom. The van der Waals surface area contributed by atoms with Crippen molar-refractivity contribution in [2.45, 2.75) is 82.6 Å². The number of rotatable bonds is 6. The maximum atomic E-state index is 7.67. The van der Waals surface area contributed by atoms with Crippen LogP contribution in [0, 0.1) is 5.41 Å². The SMILES string of the molecule is CC12C3(O[Si](C)(C)C)c4ccccc4C1(O[Si](C)(C)C)c1ccccc1C2(O[Si](C)(C)C)c1ccccc13. The first-order valence-electron chi connectivity index (χ1n) is 14.0. The fourth-order valence-corrected chi connectivity index (χ4v) is 12.1. The van der Waals surface area contributed by atoms with E-state index in [1.54, 1.807) is 0 Å². The molecule has 0 spiro atoms. The summed E-state index contributed by atoms with van der Waals surface area (Å²) in [5.74, 6) is 0. The van der Waals surface area contributed by atoms with Gasteiger partial charge in [-0.15, -0.1) is 0 Å². The van der Waals surface area contributed by atoms with Gasteiger partial charge in [0.05, 0.1) is 5.41 Å². The molecule has 6 heteroatoms. The molecule has 0 bridgehead atoms. The Bertz CT molecular complexity index is 1200. The zero-order chi connectivity index (χ0) is 27.6. The third-order valence-corrected chi connectivity index (χ3v) is 11.3. The van der Waals surface area contributed by atoms with Gasteiger partial charge in [-0.25, -0.2) is 0 Å². The van der Waals surface area contributed by atoms with Crippen LogP contribution in [0.25, 0.3) is 0 Å². The summed E-state index contributed by atoms with van der Waals surface area (Å²) in [6.45, 7) is 23.3. The van der Waals surface area contributed by atoms with Crippen molar-refractivity contribution in [1.82, 2.24) is 0 Å². The highest BCUT2D eigenvalue weighted by Gasteiger charge is 2.87. The third kappa shape index (κ3) is 2.99. The van der Waals surface area contributed by atoms with Gasteiger partial charge in [-0.3, -0.25) is 0 Å². The average molecular weight is 559 g/mol. The van der Waals surface area contributed by atoms with Crippen LogP contribution in [0.3, 0.4) is 0 Å². The molecule has 0 amide bonds. The van der Waals surface area contributed by atoms with Crippen LogP contribution in [-0.2, 0) is 30.1 Å². The molecule has 0 atom stereocenters. The molecule has 0 aliphatic heterocycles. The van der Waals surface area contributed by atoms with Crippen LogP contribution in [0.1, 0.15) is 40.3 Å². The number of hydrogen-bond acceptors (Lipinski definition) is 3. The lowest BCUT2D eigenvalue weighted by molar-refractivity contribution is -0.175. The smallest absolute Gasteiger partial charge is 0.185 e. The summed E-state index contributed by atoms with van der Waals surface area (Å²) in [6.07, 6.45) is 0. The number of benzene rings is 3. The molecular weight excluding hydrogens is 517 g/mol. The van der Waals surface area contributed by atoms with Crippen LogP contribution >= 0.6 is 0 Å². The van der Waals surface area contributed by atoms with Gasteiger partial charge in [-0.05, 0) is 99.2 Å². The lowest BCUT2D eigenvalue weighted by atomic mass is 9.63. The van der Waals surface area contributed by atoms with Gasteiger partial charge in [0, 0.05) is 0 Å². The lowest BCUT2D eigenvalue weighted by Gasteiger charge is -2.55. The van der Waals surface area contributed by atoms with Crippen molar-refractivity contribution < 1.29 is 13.3 Å². The molecular formula is C32H42O3Si3. The van der Waals surface area contributed by atoms with Crippen molar-refractivity contribution in [3.8, 4) is 0 Å². The first kappa shape index (κ1) is 26.4. The van der Waals surface area contributed by atoms with Crippen LogP contribution < -0.4 is 0 Å². The minimum absolute atomic E-state index is 0.592. The van der Waals surface area contributed by atoms with E-state index in [9.17, 15) is 0 Å². The lowest BCUT2D eigenvalue weighted by Crippen LogP contribution is -2.62. The molecule has 200 valence electrons. The Labute approximate surface area is 231 Å². The molecule has 3 aliphatic carbocycles. The predicted octanol–water partition coefficient (Wildman–Crippen LogP) is 8.32. The van der Waals surface area contributed by atoms with E-state index >= 15 is 0 Å². The molecule has 3 aromatic rings. The van der Waals surface area contributed by atoms with Crippen molar-refractivity contribution in [3.63, 3.8) is 0 Å². The van der Waals surface area contributed by atoms with Crippen LogP contribution in [0.15, 0.2) is 72.8 Å². The predicted molar refractivity (Wildman–Crippen MR) is 163 cm³/mol. The minimum atomic E-state index is -2.11. The summed E-state index contributed by atoms with van der Waals surface area (Å²) in [4.78, 5) is 0. The van der Waals surface area contributed by atoms with Gasteiger partial charge in [0.1, 0.15) is 16.8 Å². The molecule has 0 unspecified atom stereocenters. The molecule has 3 nitrogen and oxygen atoms in total. The second kappa shape index (κ2) is 7.68. The quantitative estimate of drug-likeness (QED) is 0.285. The summed E-state index contributed by atoms with van der Waals surface area (Å²) >= 11 is 0. The van der Waals surface area contributed by atoms with Gasteiger partial charge < -0.3 is 13.3 Å². The maximum Gasteiger partial charge on any atom is 0.185 e. The van der Waals surface area contributed by atoms with Gasteiger partial charge >= 0.3 is 0 Å². The first-order valence-corrected chi connectivity index (χ1v) is 24.2. The molecule has 3 aromatic carbocycles. The summed E-state index contributed by atoms with van der Waals surface area (Å²) in [5.41, 5.74) is 4.74. The van der Waals surface area contributed by atoms with Gasteiger partial charge in [-0.1, -0.05) is 72.8 Å². The highest BCUT2D eigenvalue weighted by molar-refractivity contribution is 6.70. The second-order valence-electron chi connectivity index (χ2n) is 14.4. The van der Waals surface area contributed by atoms with E-state index in [4.69, 9.17) is 13.3 Å². The molecule has 6 rings (SSSR count). The van der Waals surface area contributed by atoms with E-state index in [1.807, 2.05) is 0 Å². The van der Waals surface area contributed by atoms with Crippen LogP contribution in [0.5, 0.6) is 0 Å². The van der Waals surface area contributed by atoms with Crippen molar-refractivity contribution in [2.75, 3.05) is 0 Å². The maximum absolute atomic E-state index is 7.67. The highest BCUT2D eigenvalue weighted by Crippen LogP contribution is 2.83. The van der Waals surface area contributed by atoms with E-state index in [1.165, 1.54) is 33.4 Å². The molecule has 0 saturated carbocycles. The zero-order valence-corrected chi connectivity index (χ0v) is 27.7. The first-order chi connectivity index (χ1) is 17.6. The van der Waals surface area contributed by atoms with Crippen molar-refractivity contribution in [2.24, 2.45) is 5.41 Å². The number of hydrogen-bond donors (Lipinski definition) is 0. The van der Waals surface area contributed by atoms with E-state index in [0.717, 1.165) is 0 Å². The van der Waals surface area contributed by atoms with Gasteiger partial charge in [0.2, 0.25) is 0 Å². The van der Waals surface area contributed by atoms with Crippen LogP contribution in [0.4, 0.5) is 0 Å². The fourth-order valence-electron chi connectivity index (χ4n) is 8.10.